The van der Waals surface area contributed by atoms with Crippen LogP contribution >= 0.6 is 12.2 Å². The van der Waals surface area contributed by atoms with E-state index in [0.717, 1.165) is 13.0 Å². The molecule has 1 aromatic carbocycles. The van der Waals surface area contributed by atoms with Gasteiger partial charge in [-0.15, -0.1) is 0 Å². The summed E-state index contributed by atoms with van der Waals surface area (Å²) >= 11 is 5.02. The molecule has 0 bridgehead atoms. The molecule has 0 radical (unpaired) electrons. The number of rotatable bonds is 2. The maximum Gasteiger partial charge on any atom is 0.259 e. The molecule has 1 saturated heterocycles. The minimum absolute atomic E-state index is 0.0510. The van der Waals surface area contributed by atoms with E-state index in [2.05, 4.69) is 23.8 Å². The first kappa shape index (κ1) is 16.5. The molecular formula is C18H21N3O3S. The van der Waals surface area contributed by atoms with E-state index in [4.69, 9.17) is 17.0 Å². The fraction of sp³-hybridized carbons (Fsp3) is 0.500. The van der Waals surface area contributed by atoms with Gasteiger partial charge in [-0.1, -0.05) is 13.8 Å². The van der Waals surface area contributed by atoms with Gasteiger partial charge in [0.1, 0.15) is 0 Å². The highest BCUT2D eigenvalue weighted by molar-refractivity contribution is 7.71. The number of nitrogens with zero attached hydrogens (tertiary/aromatic N) is 1. The van der Waals surface area contributed by atoms with Crippen LogP contribution in [0.2, 0.25) is 0 Å². The predicted octanol–water partition coefficient (Wildman–Crippen LogP) is 2.47. The quantitative estimate of drug-likeness (QED) is 0.808. The van der Waals surface area contributed by atoms with E-state index in [-0.39, 0.29) is 33.8 Å². The summed E-state index contributed by atoms with van der Waals surface area (Å²) in [6, 6.07) is 5.21. The number of benzene rings is 1. The third-order valence-electron chi connectivity index (χ3n) is 5.76. The fourth-order valence-corrected chi connectivity index (χ4v) is 4.92. The van der Waals surface area contributed by atoms with Crippen molar-refractivity contribution in [3.05, 3.63) is 38.9 Å². The van der Waals surface area contributed by atoms with Crippen LogP contribution in [0.1, 0.15) is 30.6 Å². The minimum Gasteiger partial charge on any atom is -0.377 e. The monoisotopic (exact) mass is 359 g/mol. The predicted molar refractivity (Wildman–Crippen MR) is 97.3 cm³/mol. The number of hydrogen-bond acceptors (Lipinski definition) is 4. The van der Waals surface area contributed by atoms with E-state index in [0.29, 0.717) is 22.4 Å². The molecule has 0 spiro atoms. The van der Waals surface area contributed by atoms with Crippen LogP contribution in [0.25, 0.3) is 10.9 Å². The first-order chi connectivity index (χ1) is 11.8. The van der Waals surface area contributed by atoms with Crippen molar-refractivity contribution in [2.75, 3.05) is 13.7 Å². The summed E-state index contributed by atoms with van der Waals surface area (Å²) in [5.41, 5.74) is 0.809. The average Bonchev–Trinajstić information content (AvgIpc) is 2.99. The number of amides is 1. The topological polar surface area (TPSA) is 78.2 Å². The molecule has 1 aliphatic carbocycles. The van der Waals surface area contributed by atoms with E-state index >= 15 is 0 Å². The van der Waals surface area contributed by atoms with Crippen LogP contribution in [0.15, 0.2) is 23.0 Å². The molecule has 2 fully saturated rings. The lowest BCUT2D eigenvalue weighted by Gasteiger charge is -2.57. The van der Waals surface area contributed by atoms with Gasteiger partial charge in [-0.2, -0.15) is 0 Å². The number of hydrogen-bond donors (Lipinski definition) is 2. The van der Waals surface area contributed by atoms with Gasteiger partial charge in [0, 0.05) is 36.6 Å². The van der Waals surface area contributed by atoms with E-state index in [1.165, 1.54) is 0 Å². The van der Waals surface area contributed by atoms with Gasteiger partial charge in [0.15, 0.2) is 4.77 Å². The van der Waals surface area contributed by atoms with Gasteiger partial charge >= 0.3 is 0 Å². The zero-order chi connectivity index (χ0) is 17.9. The lowest BCUT2D eigenvalue weighted by Crippen LogP contribution is -2.66. The normalized spacial score (nSPS) is 26.9. The van der Waals surface area contributed by atoms with Gasteiger partial charge < -0.3 is 14.6 Å². The Morgan fingerprint density at radius 2 is 2.12 bits per heavy atom. The van der Waals surface area contributed by atoms with E-state index in [1.54, 1.807) is 18.2 Å². The number of carbonyl (C=O) groups is 1. The van der Waals surface area contributed by atoms with Crippen molar-refractivity contribution < 1.29 is 9.53 Å². The van der Waals surface area contributed by atoms with Crippen molar-refractivity contribution in [1.29, 1.82) is 0 Å². The Balaban J connectivity index is 1.68. The van der Waals surface area contributed by atoms with E-state index in [1.807, 2.05) is 11.9 Å². The third-order valence-corrected chi connectivity index (χ3v) is 5.97. The Hall–Kier alpha value is -1.99. The molecule has 132 valence electrons. The van der Waals surface area contributed by atoms with Gasteiger partial charge in [-0.05, 0) is 36.8 Å². The Bertz CT molecular complexity index is 977. The third kappa shape index (κ3) is 2.37. The van der Waals surface area contributed by atoms with Gasteiger partial charge in [-0.25, -0.2) is 0 Å². The van der Waals surface area contributed by atoms with Crippen LogP contribution in [0.4, 0.5) is 0 Å². The van der Waals surface area contributed by atoms with Crippen molar-refractivity contribution in [3.8, 4) is 0 Å². The van der Waals surface area contributed by atoms with Gasteiger partial charge in [0.25, 0.3) is 11.5 Å². The summed E-state index contributed by atoms with van der Waals surface area (Å²) in [7, 11) is 1.85. The van der Waals surface area contributed by atoms with Crippen LogP contribution in [0.5, 0.6) is 0 Å². The molecule has 7 heteroatoms. The fourth-order valence-electron chi connectivity index (χ4n) is 4.72. The minimum atomic E-state index is -0.253. The molecule has 1 amide bonds. The molecule has 4 rings (SSSR count). The average molecular weight is 359 g/mol. The molecule has 2 N–H and O–H groups in total. The number of nitrogens with one attached hydrogen (secondary N) is 2. The molecule has 6 nitrogen and oxygen atoms in total. The molecule has 1 aromatic heterocycles. The number of ether oxygens (including phenoxy) is 1. The molecule has 3 atom stereocenters. The maximum absolute atomic E-state index is 13.0. The Kier molecular flexibility index (Phi) is 3.63. The first-order valence-electron chi connectivity index (χ1n) is 8.46. The SMILES string of the molecule is CN(C(=O)c1ccc2c(=O)[nH]c(=S)[nH]c2c1)[C@@H]1[C@@H]2CCO[C@H]2C1(C)C. The number of carbonyl (C=O) groups excluding carboxylic acids is 1. The zero-order valence-electron chi connectivity index (χ0n) is 14.5. The molecule has 25 heavy (non-hydrogen) atoms. The summed E-state index contributed by atoms with van der Waals surface area (Å²) in [5.74, 6) is 0.350. The summed E-state index contributed by atoms with van der Waals surface area (Å²) in [6.45, 7) is 5.09. The molecule has 2 heterocycles. The standard InChI is InChI=1S/C18H21N3O3S/c1-18(2)13(11-6-7-24-14(11)18)21(3)16(23)9-4-5-10-12(8-9)19-17(25)20-15(10)22/h4-5,8,11,13-14H,6-7H2,1-3H3,(H2,19,20,22,25)/t11-,13+,14+/m0/s1. The van der Waals surface area contributed by atoms with Crippen molar-refractivity contribution in [3.63, 3.8) is 0 Å². The largest absolute Gasteiger partial charge is 0.377 e. The Morgan fingerprint density at radius 3 is 2.88 bits per heavy atom. The molecule has 2 aromatic rings. The van der Waals surface area contributed by atoms with Crippen molar-refractivity contribution in [2.45, 2.75) is 32.4 Å². The highest BCUT2D eigenvalue weighted by Gasteiger charge is 2.61. The molecule has 1 saturated carbocycles. The van der Waals surface area contributed by atoms with Crippen molar-refractivity contribution >= 4 is 29.0 Å². The van der Waals surface area contributed by atoms with Crippen LogP contribution in [0, 0.1) is 16.1 Å². The van der Waals surface area contributed by atoms with Crippen molar-refractivity contribution in [2.24, 2.45) is 11.3 Å². The van der Waals surface area contributed by atoms with Crippen LogP contribution in [-0.2, 0) is 4.74 Å². The van der Waals surface area contributed by atoms with Gasteiger partial charge in [0.05, 0.1) is 17.0 Å². The Morgan fingerprint density at radius 1 is 1.36 bits per heavy atom. The van der Waals surface area contributed by atoms with Gasteiger partial charge in [-0.3, -0.25) is 14.6 Å². The van der Waals surface area contributed by atoms with Crippen LogP contribution in [-0.4, -0.2) is 46.6 Å². The smallest absolute Gasteiger partial charge is 0.259 e. The second-order valence-electron chi connectivity index (χ2n) is 7.59. The number of aromatic nitrogens is 2. The highest BCUT2D eigenvalue weighted by Crippen LogP contribution is 2.54. The second-order valence-corrected chi connectivity index (χ2v) is 8.00. The van der Waals surface area contributed by atoms with E-state index in [9.17, 15) is 9.59 Å². The zero-order valence-corrected chi connectivity index (χ0v) is 15.3. The maximum atomic E-state index is 13.0. The van der Waals surface area contributed by atoms with Crippen molar-refractivity contribution in [1.82, 2.24) is 14.9 Å². The number of fused-ring (bicyclic) bond motifs is 2. The van der Waals surface area contributed by atoms with Gasteiger partial charge in [0.2, 0.25) is 0 Å². The lowest BCUT2D eigenvalue weighted by molar-refractivity contribution is -0.139. The van der Waals surface area contributed by atoms with Crippen LogP contribution in [0.3, 0.4) is 0 Å². The lowest BCUT2D eigenvalue weighted by atomic mass is 9.56. The summed E-state index contributed by atoms with van der Waals surface area (Å²) in [5, 5.41) is 0.487. The first-order valence-corrected chi connectivity index (χ1v) is 8.86. The summed E-state index contributed by atoms with van der Waals surface area (Å²) < 4.78 is 6.08. The molecule has 1 aliphatic heterocycles. The molecular weight excluding hydrogens is 338 g/mol. The summed E-state index contributed by atoms with van der Waals surface area (Å²) in [6.07, 6.45) is 1.23. The highest BCUT2D eigenvalue weighted by atomic mass is 32.1. The number of H-pyrrole nitrogens is 2. The van der Waals surface area contributed by atoms with Crippen LogP contribution < -0.4 is 5.56 Å². The molecule has 2 aliphatic rings. The van der Waals surface area contributed by atoms with E-state index < -0.39 is 0 Å². The molecule has 0 unspecified atom stereocenters. The Labute approximate surface area is 150 Å². The summed E-state index contributed by atoms with van der Waals surface area (Å²) in [4.78, 5) is 32.3. The second kappa shape index (κ2) is 5.51. The number of aromatic amines is 2.